The molecule has 1 atom stereocenters. The number of hydrogen-bond acceptors (Lipinski definition) is 7. The maximum Gasteiger partial charge on any atom is 0.229 e. The van der Waals surface area contributed by atoms with Crippen molar-refractivity contribution in [3.05, 3.63) is 27.8 Å². The van der Waals surface area contributed by atoms with Gasteiger partial charge in [0, 0.05) is 29.8 Å². The molecule has 0 amide bonds. The molecule has 4 rings (SSSR count). The van der Waals surface area contributed by atoms with Crippen LogP contribution < -0.4 is 0 Å². The van der Waals surface area contributed by atoms with Gasteiger partial charge in [0.05, 0.1) is 18.8 Å². The molecule has 2 aromatic rings. The van der Waals surface area contributed by atoms with Crippen LogP contribution in [0.15, 0.2) is 9.90 Å². The van der Waals surface area contributed by atoms with Gasteiger partial charge in [0.15, 0.2) is 5.82 Å². The summed E-state index contributed by atoms with van der Waals surface area (Å²) in [6.45, 7) is 9.72. The Bertz CT molecular complexity index is 745. The van der Waals surface area contributed by atoms with Crippen molar-refractivity contribution in [2.24, 2.45) is 0 Å². The summed E-state index contributed by atoms with van der Waals surface area (Å²) < 4.78 is 11.6. The number of nitrogens with zero attached hydrogens (tertiary/aromatic N) is 4. The zero-order valence-electron chi connectivity index (χ0n) is 16.6. The van der Waals surface area contributed by atoms with E-state index in [1.165, 1.54) is 32.1 Å². The Kier molecular flexibility index (Phi) is 5.62. The van der Waals surface area contributed by atoms with Gasteiger partial charge in [-0.25, -0.2) is 4.98 Å². The van der Waals surface area contributed by atoms with Crippen molar-refractivity contribution < 1.29 is 9.26 Å². The minimum absolute atomic E-state index is 0.0320. The van der Waals surface area contributed by atoms with Gasteiger partial charge in [-0.15, -0.1) is 11.3 Å². The number of hydrogen-bond donors (Lipinski definition) is 0. The van der Waals surface area contributed by atoms with Crippen molar-refractivity contribution in [1.82, 2.24) is 20.0 Å². The molecule has 0 radical (unpaired) electrons. The van der Waals surface area contributed by atoms with Gasteiger partial charge in [-0.1, -0.05) is 45.2 Å². The molecule has 0 aromatic carbocycles. The van der Waals surface area contributed by atoms with Gasteiger partial charge in [-0.2, -0.15) is 4.98 Å². The first-order valence-electron chi connectivity index (χ1n) is 10.1. The van der Waals surface area contributed by atoms with Crippen LogP contribution in [0.3, 0.4) is 0 Å². The fraction of sp³-hybridized carbons (Fsp3) is 0.750. The lowest BCUT2D eigenvalue weighted by molar-refractivity contribution is -0.0340. The molecule has 6 nitrogen and oxygen atoms in total. The zero-order valence-corrected chi connectivity index (χ0v) is 17.4. The van der Waals surface area contributed by atoms with E-state index in [0.29, 0.717) is 19.1 Å². The second-order valence-electron chi connectivity index (χ2n) is 8.80. The van der Waals surface area contributed by atoms with E-state index in [9.17, 15) is 0 Å². The zero-order chi connectivity index (χ0) is 18.9. The number of ether oxygens (including phenoxy) is 1. The summed E-state index contributed by atoms with van der Waals surface area (Å²) in [4.78, 5) is 11.9. The average molecular weight is 391 g/mol. The topological polar surface area (TPSA) is 64.3 Å². The van der Waals surface area contributed by atoms with Crippen molar-refractivity contribution in [2.45, 2.75) is 76.9 Å². The van der Waals surface area contributed by atoms with Gasteiger partial charge in [0.1, 0.15) is 11.1 Å². The molecule has 1 aliphatic heterocycles. The molecule has 27 heavy (non-hydrogen) atoms. The molecular weight excluding hydrogens is 360 g/mol. The molecule has 148 valence electrons. The van der Waals surface area contributed by atoms with E-state index in [4.69, 9.17) is 14.2 Å². The first-order valence-corrected chi connectivity index (χ1v) is 11.0. The third kappa shape index (κ3) is 4.58. The van der Waals surface area contributed by atoms with Crippen LogP contribution in [0, 0.1) is 0 Å². The number of aromatic nitrogens is 3. The van der Waals surface area contributed by atoms with Gasteiger partial charge < -0.3 is 9.26 Å². The normalized spacial score (nSPS) is 23.0. The van der Waals surface area contributed by atoms with Crippen LogP contribution in [0.5, 0.6) is 0 Å². The third-order valence-electron chi connectivity index (χ3n) is 5.52. The molecular formula is C20H30N4O2S. The summed E-state index contributed by atoms with van der Waals surface area (Å²) in [6.07, 6.45) is 6.28. The maximum absolute atomic E-state index is 6.00. The molecule has 0 bridgehead atoms. The van der Waals surface area contributed by atoms with E-state index in [2.05, 4.69) is 41.2 Å². The predicted octanol–water partition coefficient (Wildman–Crippen LogP) is 4.44. The van der Waals surface area contributed by atoms with Crippen molar-refractivity contribution in [3.63, 3.8) is 0 Å². The highest BCUT2D eigenvalue weighted by Gasteiger charge is 2.28. The van der Waals surface area contributed by atoms with Crippen LogP contribution in [-0.4, -0.2) is 39.7 Å². The minimum atomic E-state index is 0.0320. The largest absolute Gasteiger partial charge is 0.368 e. The van der Waals surface area contributed by atoms with Crippen LogP contribution in [0.4, 0.5) is 0 Å². The Balaban J connectivity index is 1.37. The number of morpholine rings is 1. The number of thiazole rings is 1. The first kappa shape index (κ1) is 19.0. The lowest BCUT2D eigenvalue weighted by atomic mass is 9.89. The van der Waals surface area contributed by atoms with E-state index in [0.717, 1.165) is 35.5 Å². The molecule has 2 aromatic heterocycles. The van der Waals surface area contributed by atoms with E-state index >= 15 is 0 Å². The van der Waals surface area contributed by atoms with Gasteiger partial charge in [-0.3, -0.25) is 4.90 Å². The van der Waals surface area contributed by atoms with Crippen molar-refractivity contribution in [3.8, 4) is 0 Å². The fourth-order valence-electron chi connectivity index (χ4n) is 3.82. The summed E-state index contributed by atoms with van der Waals surface area (Å²) in [5.41, 5.74) is 1.21. The van der Waals surface area contributed by atoms with Crippen molar-refractivity contribution >= 4 is 11.3 Å². The summed E-state index contributed by atoms with van der Waals surface area (Å²) in [6, 6.07) is 0. The molecule has 0 N–H and O–H groups in total. The summed E-state index contributed by atoms with van der Waals surface area (Å²) in [5.74, 6) is 2.10. The fourth-order valence-corrected chi connectivity index (χ4v) is 4.91. The van der Waals surface area contributed by atoms with E-state index < -0.39 is 0 Å². The lowest BCUT2D eigenvalue weighted by Gasteiger charge is -2.31. The Morgan fingerprint density at radius 2 is 2.00 bits per heavy atom. The molecule has 1 aliphatic carbocycles. The summed E-state index contributed by atoms with van der Waals surface area (Å²) in [7, 11) is 0. The van der Waals surface area contributed by atoms with Gasteiger partial charge in [-0.05, 0) is 12.8 Å². The molecule has 7 heteroatoms. The summed E-state index contributed by atoms with van der Waals surface area (Å²) in [5, 5.41) is 7.47. The van der Waals surface area contributed by atoms with Crippen LogP contribution in [0.25, 0.3) is 0 Å². The molecule has 2 aliphatic rings. The molecule has 1 saturated carbocycles. The second-order valence-corrected chi connectivity index (χ2v) is 9.69. The van der Waals surface area contributed by atoms with Gasteiger partial charge in [0.2, 0.25) is 5.89 Å². The lowest BCUT2D eigenvalue weighted by Crippen LogP contribution is -2.38. The molecule has 2 fully saturated rings. The van der Waals surface area contributed by atoms with Crippen LogP contribution >= 0.6 is 11.3 Å². The highest BCUT2D eigenvalue weighted by molar-refractivity contribution is 7.09. The first-order chi connectivity index (χ1) is 13.0. The van der Waals surface area contributed by atoms with Gasteiger partial charge in [0.25, 0.3) is 0 Å². The molecule has 3 heterocycles. The standard InChI is InChI=1S/C20H30N4O2S/c1-20(2,3)16-13-27-19(21-16)15-11-24(9-10-25-15)12-17-22-18(26-23-17)14-7-5-4-6-8-14/h13-15H,4-12H2,1-3H3. The monoisotopic (exact) mass is 390 g/mol. The van der Waals surface area contributed by atoms with Crippen LogP contribution in [0.2, 0.25) is 0 Å². The van der Waals surface area contributed by atoms with E-state index in [-0.39, 0.29) is 11.5 Å². The highest BCUT2D eigenvalue weighted by atomic mass is 32.1. The Hall–Kier alpha value is -1.31. The average Bonchev–Trinajstić information content (AvgIpc) is 3.32. The molecule has 1 unspecified atom stereocenters. The summed E-state index contributed by atoms with van der Waals surface area (Å²) >= 11 is 1.70. The third-order valence-corrected chi connectivity index (χ3v) is 6.46. The van der Waals surface area contributed by atoms with E-state index in [1.807, 2.05) is 0 Å². The predicted molar refractivity (Wildman–Crippen MR) is 105 cm³/mol. The molecule has 1 saturated heterocycles. The Morgan fingerprint density at radius 3 is 2.74 bits per heavy atom. The smallest absolute Gasteiger partial charge is 0.229 e. The minimum Gasteiger partial charge on any atom is -0.368 e. The number of rotatable bonds is 4. The van der Waals surface area contributed by atoms with Crippen molar-refractivity contribution in [2.75, 3.05) is 19.7 Å². The maximum atomic E-state index is 6.00. The quantitative estimate of drug-likeness (QED) is 0.769. The SMILES string of the molecule is CC(C)(C)c1csc(C2CN(Cc3noc(C4CCCCC4)n3)CCO2)n1. The van der Waals surface area contributed by atoms with E-state index in [1.54, 1.807) is 11.3 Å². The Morgan fingerprint density at radius 1 is 1.19 bits per heavy atom. The van der Waals surface area contributed by atoms with Crippen molar-refractivity contribution in [1.29, 1.82) is 0 Å². The van der Waals surface area contributed by atoms with Crippen LogP contribution in [0.1, 0.15) is 87.3 Å². The Labute approximate surface area is 165 Å². The highest BCUT2D eigenvalue weighted by Crippen LogP contribution is 2.32. The second kappa shape index (κ2) is 7.97. The molecule has 0 spiro atoms. The van der Waals surface area contributed by atoms with Gasteiger partial charge >= 0.3 is 0 Å². The van der Waals surface area contributed by atoms with Crippen LogP contribution in [-0.2, 0) is 16.7 Å².